The molecule has 0 aromatic rings. The lowest BCUT2D eigenvalue weighted by Crippen LogP contribution is -2.09. The summed E-state index contributed by atoms with van der Waals surface area (Å²) in [6.07, 6.45) is 7.03. The summed E-state index contributed by atoms with van der Waals surface area (Å²) in [4.78, 5) is 10.7. The molecule has 60 valence electrons. The Hall–Kier alpha value is -0.630. The predicted octanol–water partition coefficient (Wildman–Crippen LogP) is 0.760. The molecule has 0 radical (unpaired) electrons. The first-order valence-corrected chi connectivity index (χ1v) is 4.07. The van der Waals surface area contributed by atoms with E-state index >= 15 is 0 Å². The molecule has 2 rings (SSSR count). The van der Waals surface area contributed by atoms with Crippen LogP contribution < -0.4 is 0 Å². The topological polar surface area (TPSA) is 37.3 Å². The smallest absolute Gasteiger partial charge is 0.127 e. The number of carbonyl (C=O) groups is 1. The van der Waals surface area contributed by atoms with Crippen molar-refractivity contribution < 1.29 is 9.90 Å². The molecule has 1 fully saturated rings. The average Bonchev–Trinajstić information content (AvgIpc) is 2.73. The molecule has 1 saturated carbocycles. The number of aldehydes is 1. The van der Waals surface area contributed by atoms with Gasteiger partial charge >= 0.3 is 0 Å². The maximum atomic E-state index is 10.7. The molecule has 0 aromatic heterocycles. The van der Waals surface area contributed by atoms with Gasteiger partial charge in [-0.1, -0.05) is 12.2 Å². The summed E-state index contributed by atoms with van der Waals surface area (Å²) in [7, 11) is 0. The van der Waals surface area contributed by atoms with Crippen molar-refractivity contribution in [3.63, 3.8) is 0 Å². The van der Waals surface area contributed by atoms with Crippen LogP contribution in [0, 0.1) is 17.3 Å². The standard InChI is InChI=1S/C9H12O2/c10-5-8-7-3-1-2-4-9(7,8)6-11/h1-2,6-8,10H,3-5H2/t7-,8+,9+/m1/s1. The fourth-order valence-electron chi connectivity index (χ4n) is 2.37. The Morgan fingerprint density at radius 1 is 1.64 bits per heavy atom. The van der Waals surface area contributed by atoms with Crippen LogP contribution in [0.15, 0.2) is 12.2 Å². The lowest BCUT2D eigenvalue weighted by molar-refractivity contribution is -0.113. The van der Waals surface area contributed by atoms with Crippen molar-refractivity contribution in [2.24, 2.45) is 17.3 Å². The normalized spacial score (nSPS) is 46.6. The fraction of sp³-hybridized carbons (Fsp3) is 0.667. The largest absolute Gasteiger partial charge is 0.396 e. The summed E-state index contributed by atoms with van der Waals surface area (Å²) in [6.45, 7) is 0.172. The minimum absolute atomic E-state index is 0.163. The van der Waals surface area contributed by atoms with Crippen LogP contribution in [0.25, 0.3) is 0 Å². The number of carbonyl (C=O) groups excluding carboxylic acids is 1. The van der Waals surface area contributed by atoms with E-state index in [-0.39, 0.29) is 17.9 Å². The zero-order valence-corrected chi connectivity index (χ0v) is 6.36. The van der Waals surface area contributed by atoms with E-state index in [9.17, 15) is 4.79 Å². The van der Waals surface area contributed by atoms with Crippen LogP contribution in [0.5, 0.6) is 0 Å². The summed E-state index contributed by atoms with van der Waals surface area (Å²) >= 11 is 0. The molecular formula is C9H12O2. The predicted molar refractivity (Wildman–Crippen MR) is 40.9 cm³/mol. The monoisotopic (exact) mass is 152 g/mol. The van der Waals surface area contributed by atoms with Gasteiger partial charge in [0.1, 0.15) is 6.29 Å². The van der Waals surface area contributed by atoms with Crippen molar-refractivity contribution in [1.29, 1.82) is 0 Å². The average molecular weight is 152 g/mol. The molecule has 2 nitrogen and oxygen atoms in total. The Kier molecular flexibility index (Phi) is 1.39. The second-order valence-corrected chi connectivity index (χ2v) is 3.54. The number of hydrogen-bond acceptors (Lipinski definition) is 2. The molecule has 2 heteroatoms. The third-order valence-electron chi connectivity index (χ3n) is 3.20. The third kappa shape index (κ3) is 0.732. The molecule has 2 aliphatic carbocycles. The molecule has 0 heterocycles. The highest BCUT2D eigenvalue weighted by atomic mass is 16.3. The molecule has 0 bridgehead atoms. The maximum absolute atomic E-state index is 10.7. The van der Waals surface area contributed by atoms with Gasteiger partial charge in [0.25, 0.3) is 0 Å². The molecule has 0 aromatic carbocycles. The molecule has 2 aliphatic rings. The van der Waals surface area contributed by atoms with Crippen molar-refractivity contribution >= 4 is 6.29 Å². The van der Waals surface area contributed by atoms with Gasteiger partial charge in [-0.25, -0.2) is 0 Å². The zero-order chi connectivity index (χ0) is 7.90. The summed E-state index contributed by atoms with van der Waals surface area (Å²) in [5.74, 6) is 0.685. The molecule has 1 N–H and O–H groups in total. The molecule has 11 heavy (non-hydrogen) atoms. The first kappa shape index (κ1) is 7.04. The van der Waals surface area contributed by atoms with Gasteiger partial charge in [0.05, 0.1) is 0 Å². The summed E-state index contributed by atoms with van der Waals surface area (Å²) in [6, 6.07) is 0. The van der Waals surface area contributed by atoms with Crippen LogP contribution in [0.2, 0.25) is 0 Å². The van der Waals surface area contributed by atoms with Gasteiger partial charge < -0.3 is 9.90 Å². The van der Waals surface area contributed by atoms with Crippen molar-refractivity contribution in [1.82, 2.24) is 0 Å². The number of fused-ring (bicyclic) bond motifs is 1. The highest BCUT2D eigenvalue weighted by Crippen LogP contribution is 2.63. The molecule has 3 atom stereocenters. The maximum Gasteiger partial charge on any atom is 0.127 e. The van der Waals surface area contributed by atoms with E-state index in [0.29, 0.717) is 5.92 Å². The second kappa shape index (κ2) is 2.18. The van der Waals surface area contributed by atoms with Crippen LogP contribution in [-0.2, 0) is 4.79 Å². The van der Waals surface area contributed by atoms with Gasteiger partial charge in [-0.05, 0) is 24.7 Å². The fourth-order valence-corrected chi connectivity index (χ4v) is 2.37. The Labute approximate surface area is 65.9 Å². The van der Waals surface area contributed by atoms with Crippen LogP contribution in [0.1, 0.15) is 12.8 Å². The lowest BCUT2D eigenvalue weighted by Gasteiger charge is -2.09. The molecule has 0 spiro atoms. The van der Waals surface area contributed by atoms with E-state index in [2.05, 4.69) is 12.2 Å². The van der Waals surface area contributed by atoms with Crippen molar-refractivity contribution in [3.05, 3.63) is 12.2 Å². The minimum Gasteiger partial charge on any atom is -0.396 e. The Bertz CT molecular complexity index is 210. The van der Waals surface area contributed by atoms with E-state index in [0.717, 1.165) is 19.1 Å². The van der Waals surface area contributed by atoms with Crippen molar-refractivity contribution in [2.45, 2.75) is 12.8 Å². The lowest BCUT2D eigenvalue weighted by atomic mass is 9.94. The first-order valence-electron chi connectivity index (χ1n) is 4.07. The quantitative estimate of drug-likeness (QED) is 0.468. The van der Waals surface area contributed by atoms with Gasteiger partial charge in [0.2, 0.25) is 0 Å². The summed E-state index contributed by atoms with van der Waals surface area (Å²) < 4.78 is 0. The van der Waals surface area contributed by atoms with E-state index in [1.807, 2.05) is 0 Å². The van der Waals surface area contributed by atoms with Gasteiger partial charge in [-0.15, -0.1) is 0 Å². The number of aliphatic hydroxyl groups is 1. The number of allylic oxidation sites excluding steroid dienone is 2. The molecule has 0 unspecified atom stereocenters. The van der Waals surface area contributed by atoms with Crippen LogP contribution >= 0.6 is 0 Å². The Morgan fingerprint density at radius 3 is 3.00 bits per heavy atom. The van der Waals surface area contributed by atoms with Gasteiger partial charge in [0.15, 0.2) is 0 Å². The van der Waals surface area contributed by atoms with Crippen LogP contribution in [-0.4, -0.2) is 18.0 Å². The second-order valence-electron chi connectivity index (χ2n) is 3.54. The minimum atomic E-state index is -0.163. The molecule has 0 saturated heterocycles. The molecular weight excluding hydrogens is 140 g/mol. The van der Waals surface area contributed by atoms with E-state index in [4.69, 9.17) is 5.11 Å². The molecule has 0 amide bonds. The van der Waals surface area contributed by atoms with Crippen molar-refractivity contribution in [2.75, 3.05) is 6.61 Å². The highest BCUT2D eigenvalue weighted by molar-refractivity contribution is 5.67. The van der Waals surface area contributed by atoms with E-state index in [1.54, 1.807) is 0 Å². The van der Waals surface area contributed by atoms with Crippen LogP contribution in [0.3, 0.4) is 0 Å². The SMILES string of the molecule is O=C[C@@]12CC=CC[C@@H]1[C@@H]2CO. The molecule has 0 aliphatic heterocycles. The number of hydrogen-bond donors (Lipinski definition) is 1. The summed E-state index contributed by atoms with van der Waals surface area (Å²) in [5.41, 5.74) is -0.163. The van der Waals surface area contributed by atoms with E-state index in [1.165, 1.54) is 0 Å². The van der Waals surface area contributed by atoms with Gasteiger partial charge in [-0.3, -0.25) is 0 Å². The Morgan fingerprint density at radius 2 is 2.45 bits per heavy atom. The number of rotatable bonds is 2. The first-order chi connectivity index (χ1) is 5.35. The van der Waals surface area contributed by atoms with E-state index < -0.39 is 0 Å². The summed E-state index contributed by atoms with van der Waals surface area (Å²) in [5, 5.41) is 8.95. The highest BCUT2D eigenvalue weighted by Gasteiger charge is 2.63. The zero-order valence-electron chi connectivity index (χ0n) is 6.36. The van der Waals surface area contributed by atoms with Gasteiger partial charge in [0, 0.05) is 12.0 Å². The van der Waals surface area contributed by atoms with Gasteiger partial charge in [-0.2, -0.15) is 0 Å². The van der Waals surface area contributed by atoms with Crippen molar-refractivity contribution in [3.8, 4) is 0 Å². The van der Waals surface area contributed by atoms with Crippen LogP contribution in [0.4, 0.5) is 0 Å². The Balaban J connectivity index is 2.18. The number of aliphatic hydroxyl groups excluding tert-OH is 1. The third-order valence-corrected chi connectivity index (χ3v) is 3.20.